The Morgan fingerprint density at radius 3 is 2.56 bits per heavy atom. The molecule has 1 aromatic carbocycles. The number of alkyl halides is 3. The maximum absolute atomic E-state index is 12.1. The van der Waals surface area contributed by atoms with Gasteiger partial charge in [-0.05, 0) is 23.9 Å². The van der Waals surface area contributed by atoms with Crippen LogP contribution in [0, 0.1) is 0 Å². The molecule has 0 N–H and O–H groups in total. The van der Waals surface area contributed by atoms with Gasteiger partial charge in [0, 0.05) is 5.39 Å². The first-order valence-electron chi connectivity index (χ1n) is 4.24. The Morgan fingerprint density at radius 2 is 1.88 bits per heavy atom. The minimum Gasteiger partial charge on any atom is -0.422 e. The fourth-order valence-corrected chi connectivity index (χ4v) is 1.80. The van der Waals surface area contributed by atoms with Crippen LogP contribution < -0.4 is 5.63 Å². The van der Waals surface area contributed by atoms with Gasteiger partial charge in [-0.2, -0.15) is 13.2 Å². The number of fused-ring (bicyclic) bond motifs is 1. The van der Waals surface area contributed by atoms with Crippen molar-refractivity contribution in [3.63, 3.8) is 0 Å². The van der Waals surface area contributed by atoms with Crippen LogP contribution in [-0.2, 0) is 0 Å². The molecule has 0 saturated heterocycles. The number of hydrogen-bond donors (Lipinski definition) is 0. The SMILES string of the molecule is O=c1oc2ccccc2cc1SC(F)(F)F. The van der Waals surface area contributed by atoms with Crippen molar-refractivity contribution < 1.29 is 17.6 Å². The number of benzene rings is 1. The Bertz CT molecular complexity index is 574. The number of para-hydroxylation sites is 1. The van der Waals surface area contributed by atoms with Gasteiger partial charge in [-0.15, -0.1) is 0 Å². The smallest absolute Gasteiger partial charge is 0.422 e. The van der Waals surface area contributed by atoms with Gasteiger partial charge >= 0.3 is 11.1 Å². The van der Waals surface area contributed by atoms with Crippen molar-refractivity contribution in [2.75, 3.05) is 0 Å². The zero-order chi connectivity index (χ0) is 11.8. The zero-order valence-corrected chi connectivity index (χ0v) is 8.56. The Hall–Kier alpha value is -1.43. The lowest BCUT2D eigenvalue weighted by molar-refractivity contribution is -0.0329. The van der Waals surface area contributed by atoms with E-state index in [1.54, 1.807) is 18.2 Å². The average Bonchev–Trinajstić information content (AvgIpc) is 2.17. The summed E-state index contributed by atoms with van der Waals surface area (Å²) >= 11 is -0.464. The summed E-state index contributed by atoms with van der Waals surface area (Å²) in [5.41, 5.74) is -5.18. The van der Waals surface area contributed by atoms with Gasteiger partial charge in [0.15, 0.2) is 0 Å². The molecule has 0 spiro atoms. The van der Waals surface area contributed by atoms with Gasteiger partial charge in [0.1, 0.15) is 10.5 Å². The predicted molar refractivity (Wildman–Crippen MR) is 54.4 cm³/mol. The van der Waals surface area contributed by atoms with Crippen molar-refractivity contribution in [2.24, 2.45) is 0 Å². The predicted octanol–water partition coefficient (Wildman–Crippen LogP) is 3.40. The fourth-order valence-electron chi connectivity index (χ4n) is 1.24. The first-order valence-corrected chi connectivity index (χ1v) is 5.06. The second-order valence-electron chi connectivity index (χ2n) is 2.98. The molecule has 0 aliphatic rings. The molecule has 0 aliphatic heterocycles. The molecular weight excluding hydrogens is 241 g/mol. The second-order valence-corrected chi connectivity index (χ2v) is 4.09. The maximum atomic E-state index is 12.1. The molecule has 6 heteroatoms. The molecule has 1 heterocycles. The quantitative estimate of drug-likeness (QED) is 0.570. The highest BCUT2D eigenvalue weighted by molar-refractivity contribution is 8.00. The first-order chi connectivity index (χ1) is 7.46. The zero-order valence-electron chi connectivity index (χ0n) is 7.75. The molecule has 0 amide bonds. The van der Waals surface area contributed by atoms with Crippen LogP contribution in [0.1, 0.15) is 0 Å². The van der Waals surface area contributed by atoms with E-state index in [1.165, 1.54) is 12.1 Å². The van der Waals surface area contributed by atoms with Crippen molar-refractivity contribution in [2.45, 2.75) is 10.4 Å². The third-order valence-corrected chi connectivity index (χ3v) is 2.57. The standard InChI is InChI=1S/C10H5F3O2S/c11-10(12,13)16-8-5-6-3-1-2-4-7(6)15-9(8)14/h1-5H. The van der Waals surface area contributed by atoms with Gasteiger partial charge in [-0.25, -0.2) is 4.79 Å². The molecule has 0 unspecified atom stereocenters. The van der Waals surface area contributed by atoms with Gasteiger partial charge in [0.05, 0.1) is 0 Å². The molecule has 0 aliphatic carbocycles. The summed E-state index contributed by atoms with van der Waals surface area (Å²) in [6.07, 6.45) is 0. The third kappa shape index (κ3) is 2.38. The van der Waals surface area contributed by atoms with Crippen LogP contribution in [0.3, 0.4) is 0 Å². The minimum atomic E-state index is -4.49. The summed E-state index contributed by atoms with van der Waals surface area (Å²) in [5, 5.41) is 0.467. The Balaban J connectivity index is 2.55. The van der Waals surface area contributed by atoms with E-state index >= 15 is 0 Å². The van der Waals surface area contributed by atoms with Gasteiger partial charge < -0.3 is 4.42 Å². The largest absolute Gasteiger partial charge is 0.446 e. The minimum absolute atomic E-state index is 0.277. The number of hydrogen-bond acceptors (Lipinski definition) is 3. The molecule has 84 valence electrons. The summed E-state index contributed by atoms with van der Waals surface area (Å²) in [5.74, 6) is 0. The van der Waals surface area contributed by atoms with E-state index < -0.39 is 27.8 Å². The molecule has 1 aromatic heterocycles. The third-order valence-electron chi connectivity index (χ3n) is 1.84. The summed E-state index contributed by atoms with van der Waals surface area (Å²) in [7, 11) is 0. The number of halogens is 3. The first kappa shape index (κ1) is 11.1. The van der Waals surface area contributed by atoms with Crippen LogP contribution in [0.2, 0.25) is 0 Å². The highest BCUT2D eigenvalue weighted by Crippen LogP contribution is 2.35. The molecular formula is C10H5F3O2S. The Morgan fingerprint density at radius 1 is 1.19 bits per heavy atom. The van der Waals surface area contributed by atoms with Gasteiger partial charge in [0.25, 0.3) is 0 Å². The van der Waals surface area contributed by atoms with Gasteiger partial charge in [0.2, 0.25) is 0 Å². The summed E-state index contributed by atoms with van der Waals surface area (Å²) in [6, 6.07) is 7.59. The summed E-state index contributed by atoms with van der Waals surface area (Å²) in [4.78, 5) is 10.8. The van der Waals surface area contributed by atoms with Crippen molar-refractivity contribution in [1.82, 2.24) is 0 Å². The molecule has 2 aromatic rings. The van der Waals surface area contributed by atoms with Crippen molar-refractivity contribution in [3.05, 3.63) is 40.8 Å². The highest BCUT2D eigenvalue weighted by atomic mass is 32.2. The molecule has 0 radical (unpaired) electrons. The van der Waals surface area contributed by atoms with E-state index in [0.29, 0.717) is 5.39 Å². The van der Waals surface area contributed by atoms with Crippen molar-refractivity contribution in [3.8, 4) is 0 Å². The van der Waals surface area contributed by atoms with Crippen molar-refractivity contribution >= 4 is 22.7 Å². The molecule has 0 fully saturated rings. The second kappa shape index (κ2) is 3.86. The van der Waals surface area contributed by atoms with Crippen LogP contribution in [0.15, 0.2) is 44.4 Å². The number of rotatable bonds is 1. The summed E-state index contributed by atoms with van der Waals surface area (Å²) < 4.78 is 41.1. The van der Waals surface area contributed by atoms with Crippen LogP contribution in [-0.4, -0.2) is 5.51 Å². The fraction of sp³-hybridized carbons (Fsp3) is 0.100. The van der Waals surface area contributed by atoms with E-state index in [4.69, 9.17) is 4.42 Å². The topological polar surface area (TPSA) is 30.2 Å². The van der Waals surface area contributed by atoms with E-state index in [-0.39, 0.29) is 5.58 Å². The number of thioether (sulfide) groups is 1. The molecule has 0 atom stereocenters. The lowest BCUT2D eigenvalue weighted by atomic mass is 10.2. The van der Waals surface area contributed by atoms with Gasteiger partial charge in [-0.3, -0.25) is 0 Å². The Kier molecular flexibility index (Phi) is 2.67. The molecule has 16 heavy (non-hydrogen) atoms. The van der Waals surface area contributed by atoms with Crippen LogP contribution in [0.4, 0.5) is 13.2 Å². The van der Waals surface area contributed by atoms with Crippen LogP contribution >= 0.6 is 11.8 Å². The van der Waals surface area contributed by atoms with Crippen molar-refractivity contribution in [1.29, 1.82) is 0 Å². The van der Waals surface area contributed by atoms with Gasteiger partial charge in [-0.1, -0.05) is 18.2 Å². The molecule has 0 bridgehead atoms. The van der Waals surface area contributed by atoms with E-state index in [9.17, 15) is 18.0 Å². The molecule has 0 saturated carbocycles. The molecule has 2 rings (SSSR count). The average molecular weight is 246 g/mol. The van der Waals surface area contributed by atoms with E-state index in [1.807, 2.05) is 0 Å². The lowest BCUT2D eigenvalue weighted by Crippen LogP contribution is -2.07. The van der Waals surface area contributed by atoms with E-state index in [2.05, 4.69) is 0 Å². The lowest BCUT2D eigenvalue weighted by Gasteiger charge is -2.04. The van der Waals surface area contributed by atoms with Crippen LogP contribution in [0.5, 0.6) is 0 Å². The van der Waals surface area contributed by atoms with Crippen LogP contribution in [0.25, 0.3) is 11.0 Å². The Labute approximate surface area is 92.1 Å². The monoisotopic (exact) mass is 246 g/mol. The highest BCUT2D eigenvalue weighted by Gasteiger charge is 2.31. The summed E-state index contributed by atoms with van der Waals surface area (Å²) in [6.45, 7) is 0. The maximum Gasteiger partial charge on any atom is 0.446 e. The molecule has 2 nitrogen and oxygen atoms in total. The normalized spacial score (nSPS) is 11.9. The van der Waals surface area contributed by atoms with E-state index in [0.717, 1.165) is 0 Å².